The molecule has 6 heteroatoms. The zero-order chi connectivity index (χ0) is 23.2. The van der Waals surface area contributed by atoms with Crippen LogP contribution in [-0.2, 0) is 24.8 Å². The van der Waals surface area contributed by atoms with E-state index < -0.39 is 29.6 Å². The van der Waals surface area contributed by atoms with Crippen molar-refractivity contribution in [1.29, 1.82) is 0 Å². The summed E-state index contributed by atoms with van der Waals surface area (Å²) < 4.78 is 11.0. The molecule has 1 unspecified atom stereocenters. The molecule has 0 amide bonds. The Hall–Kier alpha value is -3.25. The predicted molar refractivity (Wildman–Crippen MR) is 131 cm³/mol. The van der Waals surface area contributed by atoms with Crippen molar-refractivity contribution in [2.45, 2.75) is 31.3 Å². The Morgan fingerprint density at radius 1 is 0.970 bits per heavy atom. The van der Waals surface area contributed by atoms with Crippen molar-refractivity contribution in [1.82, 2.24) is 4.98 Å². The zero-order valence-electron chi connectivity index (χ0n) is 18.8. The largest absolute Gasteiger partial charge is 0.422 e. The molecule has 0 aliphatic carbocycles. The van der Waals surface area contributed by atoms with Gasteiger partial charge in [-0.1, -0.05) is 60.7 Å². The lowest BCUT2D eigenvalue weighted by molar-refractivity contribution is -0.240. The van der Waals surface area contributed by atoms with Crippen LogP contribution >= 0.6 is 11.8 Å². The molecule has 1 N–H and O–H groups in total. The topological polar surface area (TPSA) is 68.4 Å². The van der Waals surface area contributed by atoms with E-state index in [4.69, 9.17) is 9.47 Å². The molecule has 0 bridgehead atoms. The number of cyclic esters (lactones) is 2. The van der Waals surface area contributed by atoms with E-state index in [1.54, 1.807) is 25.6 Å². The number of carbonyl (C=O) groups is 2. The average Bonchev–Trinajstić information content (AvgIpc) is 3.20. The number of thioether (sulfide) groups is 1. The lowest BCUT2D eigenvalue weighted by Crippen LogP contribution is -2.48. The number of rotatable bonds is 5. The highest BCUT2D eigenvalue weighted by Crippen LogP contribution is 2.42. The molecule has 1 aliphatic rings. The maximum atomic E-state index is 13.2. The Balaban J connectivity index is 1.71. The van der Waals surface area contributed by atoms with Gasteiger partial charge in [0.15, 0.2) is 5.92 Å². The van der Waals surface area contributed by atoms with Gasteiger partial charge >= 0.3 is 11.9 Å². The number of H-pyrrole nitrogens is 1. The summed E-state index contributed by atoms with van der Waals surface area (Å²) in [5.74, 6) is -3.19. The second-order valence-electron chi connectivity index (χ2n) is 8.82. The summed E-state index contributed by atoms with van der Waals surface area (Å²) in [5.41, 5.74) is 3.94. The average molecular weight is 460 g/mol. The monoisotopic (exact) mass is 459 g/mol. The minimum Gasteiger partial charge on any atom is -0.422 e. The highest BCUT2D eigenvalue weighted by atomic mass is 32.2. The summed E-state index contributed by atoms with van der Waals surface area (Å²) in [7, 11) is 0. The van der Waals surface area contributed by atoms with E-state index >= 15 is 0 Å². The number of carbonyl (C=O) groups excluding carboxylic acids is 2. The molecule has 0 saturated carbocycles. The third-order valence-corrected chi connectivity index (χ3v) is 6.73. The molecule has 0 radical (unpaired) electrons. The number of hydrogen-bond acceptors (Lipinski definition) is 5. The molecule has 168 valence electrons. The number of ether oxygens (including phenoxy) is 2. The van der Waals surface area contributed by atoms with Crippen LogP contribution in [0.3, 0.4) is 0 Å². The van der Waals surface area contributed by atoms with Crippen LogP contribution in [-0.4, -0.2) is 29.0 Å². The molecule has 1 aliphatic heterocycles. The number of nitrogens with one attached hydrogen (secondary N) is 1. The lowest BCUT2D eigenvalue weighted by Gasteiger charge is -2.36. The van der Waals surface area contributed by atoms with Gasteiger partial charge in [-0.2, -0.15) is 11.8 Å². The van der Waals surface area contributed by atoms with Crippen molar-refractivity contribution in [2.24, 2.45) is 5.92 Å². The fourth-order valence-electron chi connectivity index (χ4n) is 4.73. The molecule has 1 saturated heterocycles. The number of esters is 2. The van der Waals surface area contributed by atoms with Gasteiger partial charge in [0.25, 0.3) is 5.79 Å². The van der Waals surface area contributed by atoms with E-state index in [0.29, 0.717) is 0 Å². The molecule has 3 aromatic carbocycles. The highest BCUT2D eigenvalue weighted by molar-refractivity contribution is 7.97. The number of hydrogen-bond donors (Lipinski definition) is 1. The van der Waals surface area contributed by atoms with E-state index in [0.717, 1.165) is 38.6 Å². The summed E-state index contributed by atoms with van der Waals surface area (Å²) in [6, 6.07) is 20.2. The minimum atomic E-state index is -1.27. The SMILES string of the molecule is CSCc1cccc2c(C(c3ccc4ccccc4c3)C3C(=O)OC(C)(C)OC3=O)c[nH]c12. The van der Waals surface area contributed by atoms with Crippen LogP contribution in [0.15, 0.2) is 66.9 Å². The maximum absolute atomic E-state index is 13.2. The second-order valence-corrected chi connectivity index (χ2v) is 9.69. The molecule has 4 aromatic rings. The molecule has 1 fully saturated rings. The normalized spacial score (nSPS) is 17.2. The van der Waals surface area contributed by atoms with Gasteiger partial charge in [0.2, 0.25) is 0 Å². The molecule has 1 atom stereocenters. The summed E-state index contributed by atoms with van der Waals surface area (Å²) >= 11 is 1.75. The van der Waals surface area contributed by atoms with Crippen LogP contribution in [0.2, 0.25) is 0 Å². The molecule has 33 heavy (non-hydrogen) atoms. The van der Waals surface area contributed by atoms with E-state index in [1.165, 1.54) is 5.56 Å². The van der Waals surface area contributed by atoms with Gasteiger partial charge in [-0.3, -0.25) is 9.59 Å². The molecule has 0 spiro atoms. The van der Waals surface area contributed by atoms with E-state index in [1.807, 2.05) is 60.8 Å². The van der Waals surface area contributed by atoms with Gasteiger partial charge in [-0.05, 0) is 33.7 Å². The first-order valence-electron chi connectivity index (χ1n) is 10.9. The third-order valence-electron chi connectivity index (χ3n) is 6.14. The van der Waals surface area contributed by atoms with Crippen LogP contribution in [0.4, 0.5) is 0 Å². The van der Waals surface area contributed by atoms with Crippen LogP contribution < -0.4 is 0 Å². The quantitative estimate of drug-likeness (QED) is 0.303. The van der Waals surface area contributed by atoms with Crippen molar-refractivity contribution < 1.29 is 19.1 Å². The number of aromatic nitrogens is 1. The fraction of sp³-hybridized carbons (Fsp3) is 0.259. The number of fused-ring (bicyclic) bond motifs is 2. The summed E-state index contributed by atoms with van der Waals surface area (Å²) in [5, 5.41) is 3.13. The van der Waals surface area contributed by atoms with Gasteiger partial charge in [-0.25, -0.2) is 0 Å². The Kier molecular flexibility index (Phi) is 5.41. The van der Waals surface area contributed by atoms with Crippen molar-refractivity contribution in [3.63, 3.8) is 0 Å². The van der Waals surface area contributed by atoms with Crippen molar-refractivity contribution >= 4 is 45.4 Å². The molecular formula is C27H25NO4S. The van der Waals surface area contributed by atoms with E-state index in [9.17, 15) is 9.59 Å². The molecule has 2 heterocycles. The molecule has 5 nitrogen and oxygen atoms in total. The second kappa shape index (κ2) is 8.27. The van der Waals surface area contributed by atoms with Gasteiger partial charge in [-0.15, -0.1) is 0 Å². The highest BCUT2D eigenvalue weighted by Gasteiger charge is 2.48. The van der Waals surface area contributed by atoms with Crippen LogP contribution in [0, 0.1) is 5.92 Å². The Labute approximate surface area is 196 Å². The third kappa shape index (κ3) is 3.89. The van der Waals surface area contributed by atoms with Crippen molar-refractivity contribution in [3.8, 4) is 0 Å². The van der Waals surface area contributed by atoms with Gasteiger partial charge in [0.1, 0.15) is 0 Å². The fourth-order valence-corrected chi connectivity index (χ4v) is 5.28. The smallest absolute Gasteiger partial charge is 0.324 e. The number of aromatic amines is 1. The van der Waals surface area contributed by atoms with E-state index in [-0.39, 0.29) is 0 Å². The lowest BCUT2D eigenvalue weighted by atomic mass is 9.79. The molecular weight excluding hydrogens is 434 g/mol. The predicted octanol–water partition coefficient (Wildman–Crippen LogP) is 5.77. The van der Waals surface area contributed by atoms with Crippen molar-refractivity contribution in [3.05, 3.63) is 83.6 Å². The first-order chi connectivity index (χ1) is 15.9. The first kappa shape index (κ1) is 21.6. The van der Waals surface area contributed by atoms with Gasteiger partial charge in [0, 0.05) is 42.6 Å². The maximum Gasteiger partial charge on any atom is 0.324 e. The first-order valence-corrected chi connectivity index (χ1v) is 12.3. The minimum absolute atomic E-state index is 0.552. The van der Waals surface area contributed by atoms with E-state index in [2.05, 4.69) is 17.3 Å². The Morgan fingerprint density at radius 3 is 2.42 bits per heavy atom. The molecule has 5 rings (SSSR count). The van der Waals surface area contributed by atoms with Crippen LogP contribution in [0.25, 0.3) is 21.7 Å². The summed E-state index contributed by atoms with van der Waals surface area (Å²) in [6.07, 6.45) is 3.98. The number of para-hydroxylation sites is 1. The summed E-state index contributed by atoms with van der Waals surface area (Å²) in [6.45, 7) is 3.15. The Bertz CT molecular complexity index is 1350. The Morgan fingerprint density at radius 2 is 1.70 bits per heavy atom. The standard InChI is InChI=1S/C27H25NO4S/c1-27(2)31-25(29)23(26(30)32-27)22(18-12-11-16-7-4-5-8-17(16)13-18)21-14-28-24-19(15-33-3)9-6-10-20(21)24/h4-14,22-23,28H,15H2,1-3H3. The van der Waals surface area contributed by atoms with Gasteiger partial charge < -0.3 is 14.5 Å². The number of benzene rings is 3. The van der Waals surface area contributed by atoms with Crippen molar-refractivity contribution in [2.75, 3.05) is 6.26 Å². The summed E-state index contributed by atoms with van der Waals surface area (Å²) in [4.78, 5) is 29.7. The van der Waals surface area contributed by atoms with Gasteiger partial charge in [0.05, 0.1) is 0 Å². The van der Waals surface area contributed by atoms with Crippen LogP contribution in [0.1, 0.15) is 36.5 Å². The zero-order valence-corrected chi connectivity index (χ0v) is 19.6. The van der Waals surface area contributed by atoms with Crippen LogP contribution in [0.5, 0.6) is 0 Å². The molecule has 1 aromatic heterocycles.